The number of carbonyl (C=O) groups excluding carboxylic acids is 1. The van der Waals surface area contributed by atoms with E-state index in [4.69, 9.17) is 0 Å². The molecule has 0 aromatic carbocycles. The van der Waals surface area contributed by atoms with Crippen molar-refractivity contribution in [2.75, 3.05) is 13.1 Å². The maximum atomic E-state index is 12.6. The predicted molar refractivity (Wildman–Crippen MR) is 97.3 cm³/mol. The van der Waals surface area contributed by atoms with Gasteiger partial charge in [0.15, 0.2) is 0 Å². The van der Waals surface area contributed by atoms with Crippen LogP contribution in [0.4, 0.5) is 4.79 Å². The number of rotatable bonds is 6. The summed E-state index contributed by atoms with van der Waals surface area (Å²) in [6, 6.07) is 6.33. The van der Waals surface area contributed by atoms with Crippen molar-refractivity contribution in [1.82, 2.24) is 25.0 Å². The number of likely N-dealkylation sites (tertiary alicyclic amines) is 1. The number of aromatic nitrogens is 3. The molecule has 0 saturated carbocycles. The summed E-state index contributed by atoms with van der Waals surface area (Å²) in [5, 5.41) is 7.70. The lowest BCUT2D eigenvalue weighted by Gasteiger charge is -2.40. The summed E-state index contributed by atoms with van der Waals surface area (Å²) in [6.45, 7) is 7.64. The van der Waals surface area contributed by atoms with Gasteiger partial charge in [0.25, 0.3) is 0 Å². The van der Waals surface area contributed by atoms with Gasteiger partial charge in [0, 0.05) is 31.2 Å². The Balaban J connectivity index is 1.58. The van der Waals surface area contributed by atoms with E-state index in [0.717, 1.165) is 36.2 Å². The first-order valence-electron chi connectivity index (χ1n) is 9.06. The van der Waals surface area contributed by atoms with Crippen LogP contribution in [0.1, 0.15) is 55.2 Å². The van der Waals surface area contributed by atoms with Crippen LogP contribution >= 0.6 is 0 Å². The largest absolute Gasteiger partial charge is 0.331 e. The summed E-state index contributed by atoms with van der Waals surface area (Å²) in [7, 11) is 0. The molecule has 2 aromatic heterocycles. The van der Waals surface area contributed by atoms with Crippen molar-refractivity contribution in [3.8, 4) is 0 Å². The minimum absolute atomic E-state index is 0.00253. The average molecular weight is 341 g/mol. The van der Waals surface area contributed by atoms with Crippen molar-refractivity contribution in [2.45, 2.75) is 52.1 Å². The number of hydrogen-bond donors (Lipinski definition) is 1. The SMILES string of the molecule is CCCCC(NC(=O)N1CC(n2nc(C)cc2C)C1)c1cccnc1. The molecule has 1 unspecified atom stereocenters. The van der Waals surface area contributed by atoms with Crippen LogP contribution < -0.4 is 5.32 Å². The molecule has 1 aliphatic rings. The van der Waals surface area contributed by atoms with Gasteiger partial charge in [-0.1, -0.05) is 25.8 Å². The Labute approximate surface area is 149 Å². The van der Waals surface area contributed by atoms with Crippen molar-refractivity contribution in [1.29, 1.82) is 0 Å². The third-order valence-electron chi connectivity index (χ3n) is 4.77. The van der Waals surface area contributed by atoms with Gasteiger partial charge in [0.1, 0.15) is 0 Å². The zero-order valence-corrected chi connectivity index (χ0v) is 15.3. The average Bonchev–Trinajstić information content (AvgIpc) is 2.89. The van der Waals surface area contributed by atoms with Crippen LogP contribution in [0.5, 0.6) is 0 Å². The fraction of sp³-hybridized carbons (Fsp3) is 0.526. The maximum Gasteiger partial charge on any atom is 0.318 e. The Hall–Kier alpha value is -2.37. The highest BCUT2D eigenvalue weighted by Crippen LogP contribution is 2.24. The summed E-state index contributed by atoms with van der Waals surface area (Å²) >= 11 is 0. The third-order valence-corrected chi connectivity index (χ3v) is 4.77. The van der Waals surface area contributed by atoms with Crippen LogP contribution in [-0.2, 0) is 0 Å². The Kier molecular flexibility index (Phi) is 5.36. The maximum absolute atomic E-state index is 12.6. The van der Waals surface area contributed by atoms with Crippen LogP contribution in [0.25, 0.3) is 0 Å². The van der Waals surface area contributed by atoms with Crippen molar-refractivity contribution < 1.29 is 4.79 Å². The highest BCUT2D eigenvalue weighted by atomic mass is 16.2. The standard InChI is InChI=1S/C19H27N5O/c1-4-5-8-18(16-7-6-9-20-11-16)21-19(25)23-12-17(13-23)24-15(3)10-14(2)22-24/h6-7,9-11,17-18H,4-5,8,12-13H2,1-3H3,(H,21,25). The number of amides is 2. The van der Waals surface area contributed by atoms with E-state index in [9.17, 15) is 4.79 Å². The normalized spacial score (nSPS) is 15.7. The van der Waals surface area contributed by atoms with Crippen LogP contribution in [-0.4, -0.2) is 38.8 Å². The highest BCUT2D eigenvalue weighted by Gasteiger charge is 2.34. The number of hydrogen-bond acceptors (Lipinski definition) is 3. The molecule has 3 heterocycles. The van der Waals surface area contributed by atoms with Crippen molar-refractivity contribution in [3.05, 3.63) is 47.5 Å². The lowest BCUT2D eigenvalue weighted by Crippen LogP contribution is -2.55. The van der Waals surface area contributed by atoms with E-state index in [2.05, 4.69) is 35.3 Å². The number of nitrogens with zero attached hydrogens (tertiary/aromatic N) is 4. The summed E-state index contributed by atoms with van der Waals surface area (Å²) in [5.41, 5.74) is 3.25. The molecule has 1 fully saturated rings. The molecule has 6 nitrogen and oxygen atoms in total. The molecular weight excluding hydrogens is 314 g/mol. The molecule has 1 N–H and O–H groups in total. The number of pyridine rings is 1. The van der Waals surface area contributed by atoms with Gasteiger partial charge in [-0.05, 0) is 38.0 Å². The number of urea groups is 1. The fourth-order valence-electron chi connectivity index (χ4n) is 3.34. The number of carbonyl (C=O) groups is 1. The van der Waals surface area contributed by atoms with E-state index in [1.165, 1.54) is 0 Å². The van der Waals surface area contributed by atoms with Gasteiger partial charge in [0.2, 0.25) is 0 Å². The van der Waals surface area contributed by atoms with Crippen molar-refractivity contribution >= 4 is 6.03 Å². The minimum Gasteiger partial charge on any atom is -0.331 e. The monoisotopic (exact) mass is 341 g/mol. The summed E-state index contributed by atoms with van der Waals surface area (Å²) in [4.78, 5) is 18.6. The Morgan fingerprint density at radius 1 is 1.40 bits per heavy atom. The zero-order chi connectivity index (χ0) is 17.8. The van der Waals surface area contributed by atoms with Crippen molar-refractivity contribution in [3.63, 3.8) is 0 Å². The predicted octanol–water partition coefficient (Wildman–Crippen LogP) is 3.39. The second-order valence-corrected chi connectivity index (χ2v) is 6.86. The molecule has 0 bridgehead atoms. The van der Waals surface area contributed by atoms with E-state index in [0.29, 0.717) is 13.1 Å². The highest BCUT2D eigenvalue weighted by molar-refractivity contribution is 5.75. The van der Waals surface area contributed by atoms with Gasteiger partial charge in [0.05, 0.1) is 17.8 Å². The molecular formula is C19H27N5O. The van der Waals surface area contributed by atoms with Crippen molar-refractivity contribution in [2.24, 2.45) is 0 Å². The first kappa shape index (κ1) is 17.5. The summed E-state index contributed by atoms with van der Waals surface area (Å²) in [5.74, 6) is 0. The number of aryl methyl sites for hydroxylation is 2. The van der Waals surface area contributed by atoms with Crippen LogP contribution in [0.3, 0.4) is 0 Å². The Morgan fingerprint density at radius 3 is 2.80 bits per heavy atom. The van der Waals surface area contributed by atoms with Gasteiger partial charge in [-0.2, -0.15) is 5.10 Å². The molecule has 3 rings (SSSR count). The molecule has 1 saturated heterocycles. The second kappa shape index (κ2) is 7.68. The molecule has 0 radical (unpaired) electrons. The van der Waals surface area contributed by atoms with Gasteiger partial charge in [-0.15, -0.1) is 0 Å². The summed E-state index contributed by atoms with van der Waals surface area (Å²) < 4.78 is 2.04. The smallest absolute Gasteiger partial charge is 0.318 e. The quantitative estimate of drug-likeness (QED) is 0.876. The lowest BCUT2D eigenvalue weighted by atomic mass is 10.0. The number of unbranched alkanes of at least 4 members (excludes halogenated alkanes) is 1. The Bertz CT molecular complexity index is 706. The van der Waals surface area contributed by atoms with E-state index < -0.39 is 0 Å². The molecule has 25 heavy (non-hydrogen) atoms. The second-order valence-electron chi connectivity index (χ2n) is 6.86. The molecule has 6 heteroatoms. The molecule has 134 valence electrons. The third kappa shape index (κ3) is 4.00. The van der Waals surface area contributed by atoms with E-state index in [-0.39, 0.29) is 18.1 Å². The first-order chi connectivity index (χ1) is 12.1. The van der Waals surface area contributed by atoms with Crippen LogP contribution in [0.15, 0.2) is 30.6 Å². The topological polar surface area (TPSA) is 63.1 Å². The molecule has 1 atom stereocenters. The zero-order valence-electron chi connectivity index (χ0n) is 15.3. The molecule has 1 aliphatic heterocycles. The van der Waals surface area contributed by atoms with E-state index in [1.54, 1.807) is 6.20 Å². The van der Waals surface area contributed by atoms with Crippen LogP contribution in [0, 0.1) is 13.8 Å². The molecule has 2 aromatic rings. The van der Waals surface area contributed by atoms with Gasteiger partial charge >= 0.3 is 6.03 Å². The molecule has 0 aliphatic carbocycles. The minimum atomic E-state index is 0.00253. The van der Waals surface area contributed by atoms with Gasteiger partial charge < -0.3 is 10.2 Å². The Morgan fingerprint density at radius 2 is 2.20 bits per heavy atom. The fourth-order valence-corrected chi connectivity index (χ4v) is 3.34. The molecule has 2 amide bonds. The summed E-state index contributed by atoms with van der Waals surface area (Å²) in [6.07, 6.45) is 6.72. The van der Waals surface area contributed by atoms with Gasteiger partial charge in [-0.25, -0.2) is 4.79 Å². The molecule has 0 spiro atoms. The van der Waals surface area contributed by atoms with Gasteiger partial charge in [-0.3, -0.25) is 9.67 Å². The lowest BCUT2D eigenvalue weighted by molar-refractivity contribution is 0.114. The number of nitrogens with one attached hydrogen (secondary N) is 1. The van der Waals surface area contributed by atoms with E-state index in [1.807, 2.05) is 34.8 Å². The van der Waals surface area contributed by atoms with E-state index >= 15 is 0 Å². The van der Waals surface area contributed by atoms with Crippen LogP contribution in [0.2, 0.25) is 0 Å². The first-order valence-corrected chi connectivity index (χ1v) is 9.06.